The summed E-state index contributed by atoms with van der Waals surface area (Å²) in [5.41, 5.74) is 6.04. The van der Waals surface area contributed by atoms with Gasteiger partial charge in [-0.1, -0.05) is 20.8 Å². The first kappa shape index (κ1) is 14.8. The van der Waals surface area contributed by atoms with Crippen LogP contribution in [0.5, 0.6) is 11.5 Å². The van der Waals surface area contributed by atoms with Crippen molar-refractivity contribution in [2.75, 3.05) is 20.3 Å². The number of hydrogen-bond acceptors (Lipinski definition) is 3. The zero-order valence-electron chi connectivity index (χ0n) is 11.9. The third-order valence-corrected chi connectivity index (χ3v) is 3.30. The van der Waals surface area contributed by atoms with Gasteiger partial charge in [-0.2, -0.15) is 0 Å². The molecule has 18 heavy (non-hydrogen) atoms. The number of methoxy groups -OCH3 is 1. The van der Waals surface area contributed by atoms with Crippen LogP contribution in [0.25, 0.3) is 0 Å². The molecule has 0 aliphatic heterocycles. The van der Waals surface area contributed by atoms with Gasteiger partial charge in [0.05, 0.1) is 13.7 Å². The lowest BCUT2D eigenvalue weighted by molar-refractivity contribution is 0.189. The fourth-order valence-corrected chi connectivity index (χ4v) is 1.90. The van der Waals surface area contributed by atoms with E-state index in [9.17, 15) is 0 Å². The van der Waals surface area contributed by atoms with Gasteiger partial charge in [-0.3, -0.25) is 0 Å². The van der Waals surface area contributed by atoms with E-state index in [-0.39, 0.29) is 5.41 Å². The van der Waals surface area contributed by atoms with E-state index in [0.29, 0.717) is 19.1 Å². The van der Waals surface area contributed by atoms with Crippen molar-refractivity contribution in [2.24, 2.45) is 17.1 Å². The van der Waals surface area contributed by atoms with Crippen molar-refractivity contribution in [1.29, 1.82) is 0 Å². The third kappa shape index (κ3) is 4.57. The van der Waals surface area contributed by atoms with Crippen molar-refractivity contribution < 1.29 is 9.47 Å². The molecule has 0 radical (unpaired) electrons. The highest BCUT2D eigenvalue weighted by molar-refractivity contribution is 5.31. The summed E-state index contributed by atoms with van der Waals surface area (Å²) in [7, 11) is 1.66. The molecule has 1 rings (SSSR count). The first-order valence-electron chi connectivity index (χ1n) is 6.44. The summed E-state index contributed by atoms with van der Waals surface area (Å²) in [5.74, 6) is 2.20. The summed E-state index contributed by atoms with van der Waals surface area (Å²) < 4.78 is 10.8. The molecule has 102 valence electrons. The molecule has 0 fully saturated rings. The Morgan fingerprint density at radius 2 is 1.67 bits per heavy atom. The Kier molecular flexibility index (Phi) is 5.48. The van der Waals surface area contributed by atoms with Crippen LogP contribution in [0.3, 0.4) is 0 Å². The van der Waals surface area contributed by atoms with Gasteiger partial charge in [-0.25, -0.2) is 0 Å². The van der Waals surface area contributed by atoms with Gasteiger partial charge in [0.15, 0.2) is 0 Å². The molecule has 0 saturated heterocycles. The summed E-state index contributed by atoms with van der Waals surface area (Å²) >= 11 is 0. The van der Waals surface area contributed by atoms with Crippen molar-refractivity contribution >= 4 is 0 Å². The van der Waals surface area contributed by atoms with Crippen LogP contribution >= 0.6 is 0 Å². The van der Waals surface area contributed by atoms with E-state index >= 15 is 0 Å². The standard InChI is InChI=1S/C15H25NO2/c1-15(2,3)12(11-16)9-10-18-14-7-5-13(17-4)6-8-14/h5-8,12H,9-11,16H2,1-4H3. The smallest absolute Gasteiger partial charge is 0.119 e. The van der Waals surface area contributed by atoms with E-state index in [1.54, 1.807) is 7.11 Å². The molecule has 3 heteroatoms. The number of nitrogens with two attached hydrogens (primary N) is 1. The fourth-order valence-electron chi connectivity index (χ4n) is 1.90. The zero-order valence-corrected chi connectivity index (χ0v) is 11.9. The molecular weight excluding hydrogens is 226 g/mol. The van der Waals surface area contributed by atoms with E-state index in [1.165, 1.54) is 0 Å². The molecule has 0 aliphatic rings. The largest absolute Gasteiger partial charge is 0.497 e. The molecular formula is C15H25NO2. The Labute approximate surface area is 110 Å². The Morgan fingerprint density at radius 1 is 1.11 bits per heavy atom. The summed E-state index contributed by atoms with van der Waals surface area (Å²) in [5, 5.41) is 0. The molecule has 0 spiro atoms. The van der Waals surface area contributed by atoms with Crippen LogP contribution in [0.1, 0.15) is 27.2 Å². The summed E-state index contributed by atoms with van der Waals surface area (Å²) in [6.45, 7) is 8.06. The maximum atomic E-state index is 5.80. The molecule has 0 bridgehead atoms. The SMILES string of the molecule is COc1ccc(OCCC(CN)C(C)(C)C)cc1. The van der Waals surface area contributed by atoms with Crippen LogP contribution in [-0.4, -0.2) is 20.3 Å². The van der Waals surface area contributed by atoms with Gasteiger partial charge >= 0.3 is 0 Å². The number of benzene rings is 1. The molecule has 1 aromatic rings. The highest BCUT2D eigenvalue weighted by Gasteiger charge is 2.22. The van der Waals surface area contributed by atoms with Crippen molar-refractivity contribution in [2.45, 2.75) is 27.2 Å². The summed E-state index contributed by atoms with van der Waals surface area (Å²) in [6, 6.07) is 7.65. The second kappa shape index (κ2) is 6.64. The number of hydrogen-bond donors (Lipinski definition) is 1. The van der Waals surface area contributed by atoms with E-state index in [0.717, 1.165) is 17.9 Å². The summed E-state index contributed by atoms with van der Waals surface area (Å²) in [6.07, 6.45) is 0.978. The zero-order chi connectivity index (χ0) is 13.6. The van der Waals surface area contributed by atoms with Gasteiger partial charge in [-0.05, 0) is 48.6 Å². The van der Waals surface area contributed by atoms with Crippen molar-refractivity contribution in [1.82, 2.24) is 0 Å². The average molecular weight is 251 g/mol. The highest BCUT2D eigenvalue weighted by Crippen LogP contribution is 2.28. The van der Waals surface area contributed by atoms with Crippen LogP contribution in [-0.2, 0) is 0 Å². The second-order valence-corrected chi connectivity index (χ2v) is 5.61. The monoisotopic (exact) mass is 251 g/mol. The molecule has 3 nitrogen and oxygen atoms in total. The number of ether oxygens (including phenoxy) is 2. The summed E-state index contributed by atoms with van der Waals surface area (Å²) in [4.78, 5) is 0. The minimum absolute atomic E-state index is 0.234. The van der Waals surface area contributed by atoms with E-state index in [2.05, 4.69) is 20.8 Å². The van der Waals surface area contributed by atoms with Gasteiger partial charge in [0.1, 0.15) is 11.5 Å². The van der Waals surface area contributed by atoms with E-state index < -0.39 is 0 Å². The lowest BCUT2D eigenvalue weighted by atomic mass is 9.79. The van der Waals surface area contributed by atoms with Gasteiger partial charge in [0, 0.05) is 0 Å². The normalized spacial score (nSPS) is 13.2. The molecule has 0 amide bonds. The lowest BCUT2D eigenvalue weighted by Crippen LogP contribution is -2.29. The third-order valence-electron chi connectivity index (χ3n) is 3.30. The Bertz CT molecular complexity index is 341. The molecule has 2 N–H and O–H groups in total. The minimum atomic E-state index is 0.234. The first-order chi connectivity index (χ1) is 8.47. The van der Waals surface area contributed by atoms with E-state index in [4.69, 9.17) is 15.2 Å². The Hall–Kier alpha value is -1.22. The van der Waals surface area contributed by atoms with E-state index in [1.807, 2.05) is 24.3 Å². The average Bonchev–Trinajstić information content (AvgIpc) is 2.34. The highest BCUT2D eigenvalue weighted by atomic mass is 16.5. The molecule has 0 heterocycles. The molecule has 0 saturated carbocycles. The first-order valence-corrected chi connectivity index (χ1v) is 6.44. The van der Waals surface area contributed by atoms with Crippen molar-refractivity contribution in [3.8, 4) is 11.5 Å². The molecule has 1 aromatic carbocycles. The topological polar surface area (TPSA) is 44.5 Å². The van der Waals surface area contributed by atoms with Crippen molar-refractivity contribution in [3.05, 3.63) is 24.3 Å². The van der Waals surface area contributed by atoms with Crippen LogP contribution in [0.4, 0.5) is 0 Å². The number of rotatable bonds is 6. The van der Waals surface area contributed by atoms with Crippen LogP contribution in [0, 0.1) is 11.3 Å². The van der Waals surface area contributed by atoms with Crippen LogP contribution < -0.4 is 15.2 Å². The molecule has 1 unspecified atom stereocenters. The second-order valence-electron chi connectivity index (χ2n) is 5.61. The fraction of sp³-hybridized carbons (Fsp3) is 0.600. The van der Waals surface area contributed by atoms with Crippen LogP contribution in [0.2, 0.25) is 0 Å². The molecule has 0 aliphatic carbocycles. The van der Waals surface area contributed by atoms with Gasteiger partial charge in [-0.15, -0.1) is 0 Å². The maximum Gasteiger partial charge on any atom is 0.119 e. The minimum Gasteiger partial charge on any atom is -0.497 e. The van der Waals surface area contributed by atoms with Gasteiger partial charge in [0.2, 0.25) is 0 Å². The predicted molar refractivity (Wildman–Crippen MR) is 75.1 cm³/mol. The lowest BCUT2D eigenvalue weighted by Gasteiger charge is -2.29. The van der Waals surface area contributed by atoms with Gasteiger partial charge in [0.25, 0.3) is 0 Å². The maximum absolute atomic E-state index is 5.80. The Morgan fingerprint density at radius 3 is 2.11 bits per heavy atom. The molecule has 0 aromatic heterocycles. The van der Waals surface area contributed by atoms with Crippen LogP contribution in [0.15, 0.2) is 24.3 Å². The quantitative estimate of drug-likeness (QED) is 0.845. The molecule has 1 atom stereocenters. The predicted octanol–water partition coefficient (Wildman–Crippen LogP) is 3.09. The van der Waals surface area contributed by atoms with Gasteiger partial charge < -0.3 is 15.2 Å². The Balaban J connectivity index is 2.40. The van der Waals surface area contributed by atoms with Crippen molar-refractivity contribution in [3.63, 3.8) is 0 Å².